The van der Waals surface area contributed by atoms with Gasteiger partial charge in [0.15, 0.2) is 5.05 Å². The van der Waals surface area contributed by atoms with E-state index in [9.17, 15) is 8.78 Å². The van der Waals surface area contributed by atoms with Crippen LogP contribution in [0.1, 0.15) is 5.56 Å². The molecule has 0 aromatic carbocycles. The molecule has 1 aromatic rings. The van der Waals surface area contributed by atoms with E-state index in [0.29, 0.717) is 16.3 Å². The van der Waals surface area contributed by atoms with Gasteiger partial charge in [-0.1, -0.05) is 23.2 Å². The number of thiocarbonyl (C=S) groups is 1. The number of hydrogen-bond acceptors (Lipinski definition) is 4. The van der Waals surface area contributed by atoms with Gasteiger partial charge in [-0.05, 0) is 23.8 Å². The van der Waals surface area contributed by atoms with Crippen LogP contribution in [0, 0.1) is 0 Å². The molecular weight excluding hydrogens is 329 g/mol. The summed E-state index contributed by atoms with van der Waals surface area (Å²) in [6, 6.07) is 1.60. The molecule has 0 amide bonds. The SMILES string of the molecule is FC(F)CN(Cc1cnc(Cl)c(Cl)c1)C1=CC(=S)OC1. The highest BCUT2D eigenvalue weighted by Crippen LogP contribution is 2.23. The quantitative estimate of drug-likeness (QED) is 0.603. The maximum Gasteiger partial charge on any atom is 0.255 e. The average molecular weight is 339 g/mol. The minimum atomic E-state index is -2.47. The summed E-state index contributed by atoms with van der Waals surface area (Å²) in [5.74, 6) is 0. The van der Waals surface area contributed by atoms with Crippen molar-refractivity contribution >= 4 is 40.5 Å². The molecule has 0 radical (unpaired) electrons. The van der Waals surface area contributed by atoms with Crippen molar-refractivity contribution in [1.29, 1.82) is 0 Å². The number of rotatable bonds is 5. The van der Waals surface area contributed by atoms with Crippen molar-refractivity contribution in [2.75, 3.05) is 13.2 Å². The molecule has 8 heteroatoms. The van der Waals surface area contributed by atoms with Gasteiger partial charge < -0.3 is 9.64 Å². The molecule has 1 aliphatic rings. The summed E-state index contributed by atoms with van der Waals surface area (Å²) >= 11 is 16.5. The third-order valence-electron chi connectivity index (χ3n) is 2.64. The fraction of sp³-hybridized carbons (Fsp3) is 0.333. The summed E-state index contributed by atoms with van der Waals surface area (Å²) in [5.41, 5.74) is 1.29. The van der Waals surface area contributed by atoms with Crippen LogP contribution in [0.5, 0.6) is 0 Å². The summed E-state index contributed by atoms with van der Waals surface area (Å²) in [7, 11) is 0. The Kier molecular flexibility index (Phi) is 5.12. The lowest BCUT2D eigenvalue weighted by Crippen LogP contribution is -2.28. The average Bonchev–Trinajstić information content (AvgIpc) is 2.79. The van der Waals surface area contributed by atoms with Gasteiger partial charge in [0.2, 0.25) is 0 Å². The first kappa shape index (κ1) is 15.4. The summed E-state index contributed by atoms with van der Waals surface area (Å²) in [4.78, 5) is 5.39. The Balaban J connectivity index is 2.17. The number of pyridine rings is 1. The number of halogens is 4. The predicted molar refractivity (Wildman–Crippen MR) is 77.3 cm³/mol. The van der Waals surface area contributed by atoms with Gasteiger partial charge in [0.1, 0.15) is 11.8 Å². The van der Waals surface area contributed by atoms with Crippen molar-refractivity contribution in [2.24, 2.45) is 0 Å². The first-order valence-corrected chi connectivity index (χ1v) is 6.82. The molecular formula is C12H10Cl2F2N2OS. The second-order valence-electron chi connectivity index (χ2n) is 4.13. The fourth-order valence-corrected chi connectivity index (χ4v) is 2.25. The molecule has 0 fully saturated rings. The zero-order chi connectivity index (χ0) is 14.7. The molecule has 20 heavy (non-hydrogen) atoms. The van der Waals surface area contributed by atoms with Gasteiger partial charge in [-0.3, -0.25) is 0 Å². The van der Waals surface area contributed by atoms with E-state index in [1.54, 1.807) is 12.1 Å². The second kappa shape index (κ2) is 6.65. The summed E-state index contributed by atoms with van der Waals surface area (Å²) in [6.45, 7) is 0.00436. The Morgan fingerprint density at radius 1 is 1.45 bits per heavy atom. The molecule has 0 unspecified atom stereocenters. The molecule has 0 N–H and O–H groups in total. The standard InChI is InChI=1S/C12H10Cl2F2N2OS/c13-9-1-7(3-17-12(9)14)4-18(5-10(15)16)8-2-11(20)19-6-8/h1-3,10H,4-6H2. The zero-order valence-corrected chi connectivity index (χ0v) is 12.5. The Morgan fingerprint density at radius 3 is 2.75 bits per heavy atom. The number of aromatic nitrogens is 1. The van der Waals surface area contributed by atoms with Crippen LogP contribution in [0.25, 0.3) is 0 Å². The van der Waals surface area contributed by atoms with Gasteiger partial charge in [-0.2, -0.15) is 0 Å². The van der Waals surface area contributed by atoms with E-state index in [1.807, 2.05) is 0 Å². The molecule has 1 aliphatic heterocycles. The van der Waals surface area contributed by atoms with Gasteiger partial charge in [-0.25, -0.2) is 13.8 Å². The Morgan fingerprint density at radius 2 is 2.20 bits per heavy atom. The summed E-state index contributed by atoms with van der Waals surface area (Å²) < 4.78 is 30.5. The van der Waals surface area contributed by atoms with Crippen molar-refractivity contribution in [1.82, 2.24) is 9.88 Å². The smallest absolute Gasteiger partial charge is 0.255 e. The van der Waals surface area contributed by atoms with E-state index in [-0.39, 0.29) is 23.3 Å². The Bertz CT molecular complexity index is 554. The molecule has 0 atom stereocenters. The van der Waals surface area contributed by atoms with Crippen LogP contribution in [0.15, 0.2) is 24.0 Å². The number of hydrogen-bond donors (Lipinski definition) is 0. The predicted octanol–water partition coefficient (Wildman–Crippen LogP) is 3.70. The highest BCUT2D eigenvalue weighted by atomic mass is 35.5. The number of ether oxygens (including phenoxy) is 1. The van der Waals surface area contributed by atoms with Crippen molar-refractivity contribution in [3.05, 3.63) is 39.8 Å². The van der Waals surface area contributed by atoms with Crippen LogP contribution in [0.4, 0.5) is 8.78 Å². The largest absolute Gasteiger partial charge is 0.477 e. The molecule has 0 saturated carbocycles. The summed E-state index contributed by atoms with van der Waals surface area (Å²) in [5, 5.41) is 0.764. The van der Waals surface area contributed by atoms with Gasteiger partial charge in [0.25, 0.3) is 6.43 Å². The Labute approximate surface area is 130 Å². The van der Waals surface area contributed by atoms with Crippen LogP contribution < -0.4 is 0 Å². The molecule has 0 spiro atoms. The van der Waals surface area contributed by atoms with Crippen molar-refractivity contribution in [3.8, 4) is 0 Å². The van der Waals surface area contributed by atoms with Crippen LogP contribution in [-0.4, -0.2) is 34.5 Å². The molecule has 3 nitrogen and oxygen atoms in total. The third kappa shape index (κ3) is 4.01. The minimum absolute atomic E-state index is 0.181. The maximum absolute atomic E-state index is 12.7. The molecule has 1 aromatic heterocycles. The van der Waals surface area contributed by atoms with Crippen molar-refractivity contribution in [2.45, 2.75) is 13.0 Å². The van der Waals surface area contributed by atoms with Gasteiger partial charge in [-0.15, -0.1) is 0 Å². The monoisotopic (exact) mass is 338 g/mol. The first-order valence-electron chi connectivity index (χ1n) is 5.66. The minimum Gasteiger partial charge on any atom is -0.477 e. The highest BCUT2D eigenvalue weighted by Gasteiger charge is 2.21. The van der Waals surface area contributed by atoms with Crippen LogP contribution in [0.2, 0.25) is 10.2 Å². The van der Waals surface area contributed by atoms with Gasteiger partial charge in [0.05, 0.1) is 17.3 Å². The zero-order valence-electron chi connectivity index (χ0n) is 10.2. The van der Waals surface area contributed by atoms with Crippen LogP contribution >= 0.6 is 35.4 Å². The first-order chi connectivity index (χ1) is 9.45. The van der Waals surface area contributed by atoms with Crippen molar-refractivity contribution < 1.29 is 13.5 Å². The number of alkyl halides is 2. The van der Waals surface area contributed by atoms with E-state index in [0.717, 1.165) is 0 Å². The molecule has 2 heterocycles. The normalized spacial score (nSPS) is 14.4. The Hall–Kier alpha value is -0.980. The van der Waals surface area contributed by atoms with Crippen LogP contribution in [0.3, 0.4) is 0 Å². The van der Waals surface area contributed by atoms with Gasteiger partial charge >= 0.3 is 0 Å². The van der Waals surface area contributed by atoms with E-state index in [1.165, 1.54) is 11.1 Å². The highest BCUT2D eigenvalue weighted by molar-refractivity contribution is 7.80. The topological polar surface area (TPSA) is 25.4 Å². The second-order valence-corrected chi connectivity index (χ2v) is 5.30. The molecule has 108 valence electrons. The lowest BCUT2D eigenvalue weighted by molar-refractivity contribution is 0.0965. The molecule has 0 bridgehead atoms. The summed E-state index contributed by atoms with van der Waals surface area (Å²) in [6.07, 6.45) is 0.602. The third-order valence-corrected chi connectivity index (χ3v) is 3.56. The fourth-order valence-electron chi connectivity index (χ4n) is 1.76. The van der Waals surface area contributed by atoms with Crippen LogP contribution in [-0.2, 0) is 11.3 Å². The maximum atomic E-state index is 12.7. The van der Waals surface area contributed by atoms with E-state index >= 15 is 0 Å². The number of nitrogens with zero attached hydrogens (tertiary/aromatic N) is 2. The molecule has 0 saturated heterocycles. The van der Waals surface area contributed by atoms with E-state index in [2.05, 4.69) is 4.98 Å². The van der Waals surface area contributed by atoms with E-state index in [4.69, 9.17) is 40.2 Å². The van der Waals surface area contributed by atoms with Gasteiger partial charge in [0, 0.05) is 18.8 Å². The lowest BCUT2D eigenvalue weighted by Gasteiger charge is -2.24. The molecule has 2 rings (SSSR count). The lowest BCUT2D eigenvalue weighted by atomic mass is 10.2. The molecule has 0 aliphatic carbocycles. The van der Waals surface area contributed by atoms with Crippen molar-refractivity contribution in [3.63, 3.8) is 0 Å². The van der Waals surface area contributed by atoms with E-state index < -0.39 is 13.0 Å².